The van der Waals surface area contributed by atoms with Crippen molar-refractivity contribution in [2.45, 2.75) is 26.2 Å². The third-order valence-corrected chi connectivity index (χ3v) is 4.86. The van der Waals surface area contributed by atoms with E-state index in [2.05, 4.69) is 10.3 Å². The molecular formula is C21H25N3O2. The van der Waals surface area contributed by atoms with Crippen molar-refractivity contribution in [2.75, 3.05) is 19.6 Å². The Morgan fingerprint density at radius 2 is 1.88 bits per heavy atom. The molecule has 1 fully saturated rings. The number of likely N-dealkylation sites (tertiary alicyclic amines) is 1. The van der Waals surface area contributed by atoms with E-state index in [0.29, 0.717) is 24.4 Å². The second-order valence-electron chi connectivity index (χ2n) is 6.94. The SMILES string of the molecule is Cc1cccc(CC(=O)NCC2CCN(C(=O)c3ccncc3)CC2)c1. The van der Waals surface area contributed by atoms with Gasteiger partial charge in [-0.3, -0.25) is 14.6 Å². The van der Waals surface area contributed by atoms with Crippen LogP contribution in [0.2, 0.25) is 0 Å². The minimum atomic E-state index is 0.0610. The first-order chi connectivity index (χ1) is 12.6. The van der Waals surface area contributed by atoms with Crippen molar-refractivity contribution in [3.05, 3.63) is 65.5 Å². The monoisotopic (exact) mass is 351 g/mol. The maximum Gasteiger partial charge on any atom is 0.253 e. The summed E-state index contributed by atoms with van der Waals surface area (Å²) in [6.07, 6.45) is 5.54. The normalized spacial score (nSPS) is 14.9. The molecule has 1 aromatic carbocycles. The fraction of sp³-hybridized carbons (Fsp3) is 0.381. The largest absolute Gasteiger partial charge is 0.356 e. The van der Waals surface area contributed by atoms with E-state index in [1.165, 1.54) is 5.56 Å². The molecule has 1 saturated heterocycles. The van der Waals surface area contributed by atoms with Crippen LogP contribution in [0.5, 0.6) is 0 Å². The smallest absolute Gasteiger partial charge is 0.253 e. The lowest BCUT2D eigenvalue weighted by Crippen LogP contribution is -2.41. The van der Waals surface area contributed by atoms with Crippen LogP contribution in [0.4, 0.5) is 0 Å². The third-order valence-electron chi connectivity index (χ3n) is 4.86. The summed E-state index contributed by atoms with van der Waals surface area (Å²) in [5.41, 5.74) is 2.90. The van der Waals surface area contributed by atoms with E-state index in [-0.39, 0.29) is 11.8 Å². The van der Waals surface area contributed by atoms with E-state index in [4.69, 9.17) is 0 Å². The molecule has 2 amide bonds. The zero-order valence-corrected chi connectivity index (χ0v) is 15.1. The zero-order chi connectivity index (χ0) is 18.4. The Balaban J connectivity index is 1.41. The predicted molar refractivity (Wildman–Crippen MR) is 101 cm³/mol. The Labute approximate surface area is 154 Å². The quantitative estimate of drug-likeness (QED) is 0.901. The number of aromatic nitrogens is 1. The van der Waals surface area contributed by atoms with Gasteiger partial charge in [0.2, 0.25) is 5.91 Å². The van der Waals surface area contributed by atoms with Gasteiger partial charge in [0.05, 0.1) is 6.42 Å². The van der Waals surface area contributed by atoms with Crippen LogP contribution in [0.15, 0.2) is 48.8 Å². The maximum atomic E-state index is 12.4. The van der Waals surface area contributed by atoms with E-state index < -0.39 is 0 Å². The molecule has 5 heteroatoms. The number of carbonyl (C=O) groups excluding carboxylic acids is 2. The lowest BCUT2D eigenvalue weighted by Gasteiger charge is -2.32. The number of pyridine rings is 1. The number of nitrogens with zero attached hydrogens (tertiary/aromatic N) is 2. The Kier molecular flexibility index (Phi) is 6.00. The third kappa shape index (κ3) is 4.91. The number of hydrogen-bond donors (Lipinski definition) is 1. The summed E-state index contributed by atoms with van der Waals surface area (Å²) >= 11 is 0. The number of carbonyl (C=O) groups is 2. The molecule has 3 rings (SSSR count). The van der Waals surface area contributed by atoms with Crippen LogP contribution in [0, 0.1) is 12.8 Å². The number of nitrogens with one attached hydrogen (secondary N) is 1. The van der Waals surface area contributed by atoms with Gasteiger partial charge in [0.1, 0.15) is 0 Å². The average molecular weight is 351 g/mol. The fourth-order valence-electron chi connectivity index (χ4n) is 3.35. The molecule has 1 aliphatic heterocycles. The number of aryl methyl sites for hydroxylation is 1. The van der Waals surface area contributed by atoms with Gasteiger partial charge < -0.3 is 10.2 Å². The second-order valence-corrected chi connectivity index (χ2v) is 6.94. The summed E-state index contributed by atoms with van der Waals surface area (Å²) < 4.78 is 0. The van der Waals surface area contributed by atoms with Crippen LogP contribution in [-0.4, -0.2) is 41.3 Å². The van der Waals surface area contributed by atoms with Gasteiger partial charge in [-0.1, -0.05) is 29.8 Å². The highest BCUT2D eigenvalue weighted by atomic mass is 16.2. The summed E-state index contributed by atoms with van der Waals surface area (Å²) in [5, 5.41) is 3.05. The van der Waals surface area contributed by atoms with Crippen LogP contribution in [0.3, 0.4) is 0 Å². The molecule has 0 unspecified atom stereocenters. The minimum absolute atomic E-state index is 0.0610. The number of rotatable bonds is 5. The number of piperidine rings is 1. The molecule has 0 atom stereocenters. The first kappa shape index (κ1) is 18.1. The number of benzene rings is 1. The molecule has 2 aromatic rings. The van der Waals surface area contributed by atoms with Crippen LogP contribution >= 0.6 is 0 Å². The topological polar surface area (TPSA) is 62.3 Å². The van der Waals surface area contributed by atoms with E-state index in [1.54, 1.807) is 24.5 Å². The van der Waals surface area contributed by atoms with E-state index in [0.717, 1.165) is 31.5 Å². The van der Waals surface area contributed by atoms with Crippen molar-refractivity contribution in [3.8, 4) is 0 Å². The molecule has 26 heavy (non-hydrogen) atoms. The molecule has 1 aromatic heterocycles. The number of hydrogen-bond acceptors (Lipinski definition) is 3. The van der Waals surface area contributed by atoms with Gasteiger partial charge in [0.15, 0.2) is 0 Å². The molecule has 5 nitrogen and oxygen atoms in total. The van der Waals surface area contributed by atoms with Crippen molar-refractivity contribution in [1.82, 2.24) is 15.2 Å². The molecule has 2 heterocycles. The molecule has 0 radical (unpaired) electrons. The molecule has 0 saturated carbocycles. The molecule has 0 spiro atoms. The van der Waals surface area contributed by atoms with Gasteiger partial charge in [-0.05, 0) is 43.4 Å². The van der Waals surface area contributed by atoms with E-state index >= 15 is 0 Å². The molecule has 0 bridgehead atoms. The zero-order valence-electron chi connectivity index (χ0n) is 15.1. The first-order valence-electron chi connectivity index (χ1n) is 9.13. The first-order valence-corrected chi connectivity index (χ1v) is 9.13. The molecule has 0 aliphatic carbocycles. The summed E-state index contributed by atoms with van der Waals surface area (Å²) in [6, 6.07) is 11.5. The van der Waals surface area contributed by atoms with Crippen LogP contribution in [-0.2, 0) is 11.2 Å². The summed E-state index contributed by atoms with van der Waals surface area (Å²) in [6.45, 7) is 4.18. The Hall–Kier alpha value is -2.69. The predicted octanol–water partition coefficient (Wildman–Crippen LogP) is 2.60. The number of amides is 2. The van der Waals surface area contributed by atoms with Crippen LogP contribution < -0.4 is 5.32 Å². The Morgan fingerprint density at radius 1 is 1.15 bits per heavy atom. The maximum absolute atomic E-state index is 12.4. The molecule has 1 N–H and O–H groups in total. The second kappa shape index (κ2) is 8.61. The fourth-order valence-corrected chi connectivity index (χ4v) is 3.35. The minimum Gasteiger partial charge on any atom is -0.356 e. The average Bonchev–Trinajstić information content (AvgIpc) is 2.67. The van der Waals surface area contributed by atoms with Gasteiger partial charge in [-0.15, -0.1) is 0 Å². The highest BCUT2D eigenvalue weighted by molar-refractivity contribution is 5.94. The van der Waals surface area contributed by atoms with Gasteiger partial charge >= 0.3 is 0 Å². The highest BCUT2D eigenvalue weighted by Crippen LogP contribution is 2.18. The highest BCUT2D eigenvalue weighted by Gasteiger charge is 2.23. The van der Waals surface area contributed by atoms with Crippen molar-refractivity contribution in [2.24, 2.45) is 5.92 Å². The Morgan fingerprint density at radius 3 is 2.58 bits per heavy atom. The van der Waals surface area contributed by atoms with Gasteiger partial charge in [0.25, 0.3) is 5.91 Å². The van der Waals surface area contributed by atoms with Crippen molar-refractivity contribution < 1.29 is 9.59 Å². The van der Waals surface area contributed by atoms with E-state index in [9.17, 15) is 9.59 Å². The van der Waals surface area contributed by atoms with Crippen LogP contribution in [0.25, 0.3) is 0 Å². The summed E-state index contributed by atoms with van der Waals surface area (Å²) in [4.78, 5) is 30.4. The lowest BCUT2D eigenvalue weighted by atomic mass is 9.96. The van der Waals surface area contributed by atoms with E-state index in [1.807, 2.05) is 36.1 Å². The summed E-state index contributed by atoms with van der Waals surface area (Å²) in [7, 11) is 0. The van der Waals surface area contributed by atoms with Crippen molar-refractivity contribution >= 4 is 11.8 Å². The van der Waals surface area contributed by atoms with Crippen molar-refractivity contribution in [3.63, 3.8) is 0 Å². The van der Waals surface area contributed by atoms with Gasteiger partial charge in [-0.25, -0.2) is 0 Å². The van der Waals surface area contributed by atoms with Crippen LogP contribution in [0.1, 0.15) is 34.3 Å². The molecule has 1 aliphatic rings. The van der Waals surface area contributed by atoms with Crippen molar-refractivity contribution in [1.29, 1.82) is 0 Å². The standard InChI is InChI=1S/C21H25N3O2/c1-16-3-2-4-18(13-16)14-20(25)23-15-17-7-11-24(12-8-17)21(26)19-5-9-22-10-6-19/h2-6,9-10,13,17H,7-8,11-12,14-15H2,1H3,(H,23,25). The van der Waals surface area contributed by atoms with Gasteiger partial charge in [0, 0.05) is 37.6 Å². The summed E-state index contributed by atoms with van der Waals surface area (Å²) in [5.74, 6) is 0.554. The van der Waals surface area contributed by atoms with Gasteiger partial charge in [-0.2, -0.15) is 0 Å². The molecular weight excluding hydrogens is 326 g/mol. The Bertz CT molecular complexity index is 753. The molecule has 136 valence electrons. The lowest BCUT2D eigenvalue weighted by molar-refractivity contribution is -0.120.